The predicted octanol–water partition coefficient (Wildman–Crippen LogP) is 3.32. The summed E-state index contributed by atoms with van der Waals surface area (Å²) in [7, 11) is 0. The quantitative estimate of drug-likeness (QED) is 0.432. The minimum absolute atomic E-state index is 0. The van der Waals surface area contributed by atoms with E-state index in [9.17, 15) is 0 Å². The summed E-state index contributed by atoms with van der Waals surface area (Å²) in [5.41, 5.74) is 8.64. The van der Waals surface area contributed by atoms with E-state index < -0.39 is 0 Å². The second kappa shape index (κ2) is 9.72. The standard InChI is InChI=1S/C23H24N8O2.3H2/c24-21-20(23-30-29-22(33-23)16-4-2-1-3-5-16)28-18(15-27-21)17-6-7-19(26-14-17)25-8-9-31-10-12-32-13-11-31;;;/h1-7,14-15H,8-13H2,(H2,24,27)(H,25,26);3*1H. The molecule has 1 aliphatic heterocycles. The minimum atomic E-state index is 0. The van der Waals surface area contributed by atoms with Gasteiger partial charge >= 0.3 is 0 Å². The Morgan fingerprint density at radius 2 is 1.76 bits per heavy atom. The van der Waals surface area contributed by atoms with E-state index in [0.717, 1.165) is 56.3 Å². The summed E-state index contributed by atoms with van der Waals surface area (Å²) in [6.45, 7) is 5.31. The number of nitrogen functional groups attached to an aromatic ring is 1. The highest BCUT2D eigenvalue weighted by atomic mass is 16.5. The van der Waals surface area contributed by atoms with Crippen molar-refractivity contribution >= 4 is 11.6 Å². The smallest absolute Gasteiger partial charge is 0.270 e. The molecule has 0 atom stereocenters. The van der Waals surface area contributed by atoms with E-state index in [1.54, 1.807) is 12.4 Å². The Labute approximate surface area is 195 Å². The Morgan fingerprint density at radius 1 is 0.939 bits per heavy atom. The van der Waals surface area contributed by atoms with Crippen molar-refractivity contribution < 1.29 is 13.4 Å². The fraction of sp³-hybridized carbons (Fsp3) is 0.261. The van der Waals surface area contributed by atoms with Crippen LogP contribution in [0.1, 0.15) is 4.28 Å². The lowest BCUT2D eigenvalue weighted by Gasteiger charge is -2.26. The number of benzene rings is 1. The maximum Gasteiger partial charge on any atom is 0.270 e. The maximum atomic E-state index is 6.05. The van der Waals surface area contributed by atoms with Crippen LogP contribution in [0.4, 0.5) is 11.6 Å². The number of ether oxygens (including phenoxy) is 1. The number of nitrogens with two attached hydrogens (primary N) is 1. The molecule has 174 valence electrons. The summed E-state index contributed by atoms with van der Waals surface area (Å²) in [5, 5.41) is 11.6. The van der Waals surface area contributed by atoms with Crippen molar-refractivity contribution in [2.45, 2.75) is 0 Å². The van der Waals surface area contributed by atoms with Crippen molar-refractivity contribution in [3.8, 4) is 34.3 Å². The molecule has 3 N–H and O–H groups in total. The lowest BCUT2D eigenvalue weighted by Crippen LogP contribution is -2.39. The molecule has 33 heavy (non-hydrogen) atoms. The van der Waals surface area contributed by atoms with Gasteiger partial charge in [0, 0.05) is 47.8 Å². The lowest BCUT2D eigenvalue weighted by atomic mass is 10.2. The largest absolute Gasteiger partial charge is 0.414 e. The van der Waals surface area contributed by atoms with Gasteiger partial charge in [0.05, 0.1) is 25.1 Å². The molecule has 5 rings (SSSR count). The van der Waals surface area contributed by atoms with Crippen molar-refractivity contribution in [1.82, 2.24) is 30.0 Å². The van der Waals surface area contributed by atoms with Gasteiger partial charge in [-0.25, -0.2) is 15.0 Å². The number of pyridine rings is 1. The van der Waals surface area contributed by atoms with Crippen molar-refractivity contribution in [3.63, 3.8) is 0 Å². The van der Waals surface area contributed by atoms with E-state index in [2.05, 4.69) is 35.4 Å². The van der Waals surface area contributed by atoms with Crippen LogP contribution in [0.15, 0.2) is 59.3 Å². The molecule has 0 bridgehead atoms. The molecule has 10 heteroatoms. The zero-order valence-corrected chi connectivity index (χ0v) is 18.0. The van der Waals surface area contributed by atoms with Crippen LogP contribution in [0, 0.1) is 0 Å². The highest BCUT2D eigenvalue weighted by molar-refractivity contribution is 5.68. The van der Waals surface area contributed by atoms with E-state index in [-0.39, 0.29) is 16.0 Å². The number of morpholine rings is 1. The van der Waals surface area contributed by atoms with Crippen molar-refractivity contribution in [2.75, 3.05) is 50.4 Å². The number of nitrogens with one attached hydrogen (secondary N) is 1. The van der Waals surface area contributed by atoms with Gasteiger partial charge in [-0.15, -0.1) is 10.2 Å². The predicted molar refractivity (Wildman–Crippen MR) is 130 cm³/mol. The molecule has 0 aliphatic carbocycles. The Balaban J connectivity index is 0.00000152. The van der Waals surface area contributed by atoms with Crippen LogP contribution >= 0.6 is 0 Å². The molecular formula is C23H30N8O2. The zero-order valence-electron chi connectivity index (χ0n) is 18.0. The average molecular weight is 451 g/mol. The van der Waals surface area contributed by atoms with E-state index >= 15 is 0 Å². The first kappa shape index (κ1) is 21.0. The Bertz CT molecular complexity index is 1210. The third-order valence-corrected chi connectivity index (χ3v) is 5.35. The highest BCUT2D eigenvalue weighted by Crippen LogP contribution is 2.27. The zero-order chi connectivity index (χ0) is 22.5. The number of aromatic nitrogens is 5. The van der Waals surface area contributed by atoms with Gasteiger partial charge in [0.25, 0.3) is 5.89 Å². The molecule has 0 spiro atoms. The molecule has 0 unspecified atom stereocenters. The van der Waals surface area contributed by atoms with Crippen molar-refractivity contribution in [2.24, 2.45) is 0 Å². The average Bonchev–Trinajstić information content (AvgIpc) is 3.36. The molecule has 0 saturated carbocycles. The monoisotopic (exact) mass is 450 g/mol. The van der Waals surface area contributed by atoms with E-state index in [1.165, 1.54) is 0 Å². The van der Waals surface area contributed by atoms with Crippen LogP contribution in [0.2, 0.25) is 0 Å². The van der Waals surface area contributed by atoms with Crippen LogP contribution in [-0.2, 0) is 4.74 Å². The molecule has 1 saturated heterocycles. The van der Waals surface area contributed by atoms with Gasteiger partial charge < -0.3 is 20.2 Å². The molecule has 0 amide bonds. The molecular weight excluding hydrogens is 420 g/mol. The maximum absolute atomic E-state index is 6.05. The molecule has 10 nitrogen and oxygen atoms in total. The third-order valence-electron chi connectivity index (χ3n) is 5.35. The fourth-order valence-corrected chi connectivity index (χ4v) is 3.53. The van der Waals surface area contributed by atoms with E-state index in [1.807, 2.05) is 42.5 Å². The van der Waals surface area contributed by atoms with Gasteiger partial charge in [-0.1, -0.05) is 18.2 Å². The first-order valence-corrected chi connectivity index (χ1v) is 10.8. The third kappa shape index (κ3) is 4.97. The first-order chi connectivity index (χ1) is 16.3. The highest BCUT2D eigenvalue weighted by Gasteiger charge is 2.17. The SMILES string of the molecule is Nc1ncc(-c2ccc(NCCN3CCOCC3)nc2)nc1-c1nnc(-c2ccccc2)o1.[HH].[HH].[HH]. The topological polar surface area (TPSA) is 128 Å². The first-order valence-electron chi connectivity index (χ1n) is 10.8. The van der Waals surface area contributed by atoms with Crippen LogP contribution in [0.25, 0.3) is 34.3 Å². The summed E-state index contributed by atoms with van der Waals surface area (Å²) >= 11 is 0. The van der Waals surface area contributed by atoms with Crippen LogP contribution in [0.5, 0.6) is 0 Å². The van der Waals surface area contributed by atoms with Crippen LogP contribution in [-0.4, -0.2) is 69.4 Å². The summed E-state index contributed by atoms with van der Waals surface area (Å²) in [4.78, 5) is 15.7. The van der Waals surface area contributed by atoms with Gasteiger partial charge in [-0.05, 0) is 24.3 Å². The summed E-state index contributed by atoms with van der Waals surface area (Å²) in [6, 6.07) is 13.4. The normalized spacial score (nSPS) is 14.3. The second-order valence-electron chi connectivity index (χ2n) is 7.58. The van der Waals surface area contributed by atoms with Gasteiger partial charge in [-0.3, -0.25) is 4.90 Å². The summed E-state index contributed by atoms with van der Waals surface area (Å²) in [5.74, 6) is 1.64. The number of anilines is 2. The van der Waals surface area contributed by atoms with Crippen LogP contribution < -0.4 is 11.1 Å². The van der Waals surface area contributed by atoms with Gasteiger partial charge in [-0.2, -0.15) is 0 Å². The Kier molecular flexibility index (Phi) is 6.18. The molecule has 1 fully saturated rings. The van der Waals surface area contributed by atoms with Gasteiger partial charge in [0.15, 0.2) is 11.5 Å². The number of hydrogen-bond donors (Lipinski definition) is 2. The molecule has 1 aliphatic rings. The van der Waals surface area contributed by atoms with Gasteiger partial charge in [0.1, 0.15) is 5.82 Å². The summed E-state index contributed by atoms with van der Waals surface area (Å²) < 4.78 is 11.2. The molecule has 0 radical (unpaired) electrons. The number of hydrogen-bond acceptors (Lipinski definition) is 10. The number of rotatable bonds is 7. The molecule has 3 aromatic heterocycles. The molecule has 1 aromatic carbocycles. The van der Waals surface area contributed by atoms with Gasteiger partial charge in [0.2, 0.25) is 5.89 Å². The lowest BCUT2D eigenvalue weighted by molar-refractivity contribution is 0.0398. The fourth-order valence-electron chi connectivity index (χ4n) is 3.53. The summed E-state index contributed by atoms with van der Waals surface area (Å²) in [6.07, 6.45) is 3.36. The molecule has 4 aromatic rings. The van der Waals surface area contributed by atoms with E-state index in [0.29, 0.717) is 17.3 Å². The Hall–Kier alpha value is -3.89. The number of nitrogens with zero attached hydrogens (tertiary/aromatic N) is 6. The minimum Gasteiger partial charge on any atom is -0.414 e. The van der Waals surface area contributed by atoms with E-state index in [4.69, 9.17) is 14.9 Å². The van der Waals surface area contributed by atoms with Crippen molar-refractivity contribution in [1.29, 1.82) is 0 Å². The second-order valence-corrected chi connectivity index (χ2v) is 7.58. The van der Waals surface area contributed by atoms with Crippen molar-refractivity contribution in [3.05, 3.63) is 54.9 Å². The molecule has 4 heterocycles. The van der Waals surface area contributed by atoms with Crippen LogP contribution in [0.3, 0.4) is 0 Å². The Morgan fingerprint density at radius 3 is 2.55 bits per heavy atom.